The van der Waals surface area contributed by atoms with E-state index in [0.29, 0.717) is 18.9 Å². The van der Waals surface area contributed by atoms with Crippen LogP contribution in [-0.2, 0) is 0 Å². The maximum atomic E-state index is 11.8. The smallest absolute Gasteiger partial charge is 0.319 e. The lowest BCUT2D eigenvalue weighted by molar-refractivity contribution is 0.0922. The van der Waals surface area contributed by atoms with E-state index in [9.17, 15) is 4.79 Å². The Bertz CT molecular complexity index is 616. The first-order chi connectivity index (χ1) is 10.3. The van der Waals surface area contributed by atoms with Crippen molar-refractivity contribution < 1.29 is 14.3 Å². The van der Waals surface area contributed by atoms with Crippen molar-refractivity contribution >= 4 is 11.7 Å². The first-order valence-corrected chi connectivity index (χ1v) is 6.79. The summed E-state index contributed by atoms with van der Waals surface area (Å²) < 4.78 is 11.4. The number of carbonyl (C=O) groups excluding carboxylic acids is 1. The minimum absolute atomic E-state index is 0.193. The van der Waals surface area contributed by atoms with Crippen LogP contribution in [-0.4, -0.2) is 25.3 Å². The van der Waals surface area contributed by atoms with Crippen LogP contribution >= 0.6 is 0 Å². The van der Waals surface area contributed by atoms with Gasteiger partial charge >= 0.3 is 6.03 Å². The molecule has 2 amide bonds. The standard InChI is InChI=1S/C16H16N2O3/c19-16(18-12-6-2-1-3-7-12)17-10-13-11-20-14-8-4-5-9-15(14)21-13/h1-9,13H,10-11H2,(H2,17,18,19)/t13-/m0/s1. The molecule has 5 nitrogen and oxygen atoms in total. The average Bonchev–Trinajstić information content (AvgIpc) is 2.54. The second-order valence-corrected chi connectivity index (χ2v) is 4.70. The lowest BCUT2D eigenvalue weighted by Crippen LogP contribution is -2.42. The van der Waals surface area contributed by atoms with E-state index in [1.807, 2.05) is 54.6 Å². The fraction of sp³-hybridized carbons (Fsp3) is 0.188. The van der Waals surface area contributed by atoms with Gasteiger partial charge < -0.3 is 20.1 Å². The monoisotopic (exact) mass is 284 g/mol. The van der Waals surface area contributed by atoms with Crippen molar-refractivity contribution in [3.63, 3.8) is 0 Å². The normalized spacial score (nSPS) is 16.1. The molecule has 5 heteroatoms. The van der Waals surface area contributed by atoms with Gasteiger partial charge in [-0.3, -0.25) is 0 Å². The molecule has 108 valence electrons. The van der Waals surface area contributed by atoms with Gasteiger partial charge in [-0.15, -0.1) is 0 Å². The topological polar surface area (TPSA) is 59.6 Å². The molecule has 0 spiro atoms. The molecule has 0 saturated carbocycles. The van der Waals surface area contributed by atoms with E-state index in [1.165, 1.54) is 0 Å². The van der Waals surface area contributed by atoms with Crippen molar-refractivity contribution in [3.8, 4) is 11.5 Å². The summed E-state index contributed by atoms with van der Waals surface area (Å²) in [7, 11) is 0. The Kier molecular flexibility index (Phi) is 3.91. The van der Waals surface area contributed by atoms with E-state index < -0.39 is 0 Å². The second-order valence-electron chi connectivity index (χ2n) is 4.70. The first-order valence-electron chi connectivity index (χ1n) is 6.79. The van der Waals surface area contributed by atoms with E-state index in [-0.39, 0.29) is 12.1 Å². The number of carbonyl (C=O) groups is 1. The summed E-state index contributed by atoms with van der Waals surface area (Å²) in [4.78, 5) is 11.8. The van der Waals surface area contributed by atoms with E-state index in [2.05, 4.69) is 10.6 Å². The maximum absolute atomic E-state index is 11.8. The van der Waals surface area contributed by atoms with Gasteiger partial charge in [0.1, 0.15) is 6.61 Å². The number of urea groups is 1. The summed E-state index contributed by atoms with van der Waals surface area (Å²) in [6.45, 7) is 0.801. The Labute approximate surface area is 122 Å². The molecule has 0 unspecified atom stereocenters. The first kappa shape index (κ1) is 13.3. The van der Waals surface area contributed by atoms with Crippen molar-refractivity contribution in [1.29, 1.82) is 0 Å². The second kappa shape index (κ2) is 6.17. The SMILES string of the molecule is O=C(NC[C@H]1COc2ccccc2O1)Nc1ccccc1. The molecule has 0 bridgehead atoms. The third-order valence-electron chi connectivity index (χ3n) is 3.09. The largest absolute Gasteiger partial charge is 0.486 e. The van der Waals surface area contributed by atoms with Gasteiger partial charge in [-0.1, -0.05) is 30.3 Å². The average molecular weight is 284 g/mol. The van der Waals surface area contributed by atoms with Crippen LogP contribution in [0.4, 0.5) is 10.5 Å². The maximum Gasteiger partial charge on any atom is 0.319 e. The van der Waals surface area contributed by atoms with E-state index >= 15 is 0 Å². The summed E-state index contributed by atoms with van der Waals surface area (Å²) in [5, 5.41) is 5.53. The number of amides is 2. The van der Waals surface area contributed by atoms with Crippen molar-refractivity contribution in [2.24, 2.45) is 0 Å². The van der Waals surface area contributed by atoms with Crippen LogP contribution in [0, 0.1) is 0 Å². The van der Waals surface area contributed by atoms with Crippen LogP contribution in [0.3, 0.4) is 0 Å². The van der Waals surface area contributed by atoms with Crippen LogP contribution in [0.5, 0.6) is 11.5 Å². The number of nitrogens with one attached hydrogen (secondary N) is 2. The summed E-state index contributed by atoms with van der Waals surface area (Å²) >= 11 is 0. The molecule has 0 aromatic heterocycles. The number of hydrogen-bond acceptors (Lipinski definition) is 3. The number of ether oxygens (including phenoxy) is 2. The molecular weight excluding hydrogens is 268 g/mol. The zero-order valence-corrected chi connectivity index (χ0v) is 11.4. The van der Waals surface area contributed by atoms with Crippen molar-refractivity contribution in [2.45, 2.75) is 6.10 Å². The summed E-state index contributed by atoms with van der Waals surface area (Å²) in [6.07, 6.45) is -0.193. The Hall–Kier alpha value is -2.69. The Balaban J connectivity index is 1.49. The predicted octanol–water partition coefficient (Wildman–Crippen LogP) is 2.65. The number of para-hydroxylation sites is 3. The molecule has 1 aliphatic rings. The molecule has 0 saturated heterocycles. The zero-order valence-electron chi connectivity index (χ0n) is 11.4. The number of anilines is 1. The highest BCUT2D eigenvalue weighted by Crippen LogP contribution is 2.30. The summed E-state index contributed by atoms with van der Waals surface area (Å²) in [6, 6.07) is 16.5. The van der Waals surface area contributed by atoms with Crippen LogP contribution < -0.4 is 20.1 Å². The highest BCUT2D eigenvalue weighted by Gasteiger charge is 2.20. The minimum Gasteiger partial charge on any atom is -0.486 e. The Morgan fingerprint density at radius 3 is 2.57 bits per heavy atom. The quantitative estimate of drug-likeness (QED) is 0.911. The lowest BCUT2D eigenvalue weighted by atomic mass is 10.2. The van der Waals surface area contributed by atoms with Crippen LogP contribution in [0.2, 0.25) is 0 Å². The number of rotatable bonds is 3. The van der Waals surface area contributed by atoms with Crippen LogP contribution in [0.1, 0.15) is 0 Å². The molecular formula is C16H16N2O3. The molecule has 1 atom stereocenters. The van der Waals surface area contributed by atoms with Gasteiger partial charge in [0, 0.05) is 5.69 Å². The molecule has 0 radical (unpaired) electrons. The molecule has 21 heavy (non-hydrogen) atoms. The molecule has 3 rings (SSSR count). The molecule has 2 aromatic carbocycles. The van der Waals surface area contributed by atoms with Gasteiger partial charge in [0.15, 0.2) is 17.6 Å². The molecule has 2 aromatic rings. The summed E-state index contributed by atoms with van der Waals surface area (Å²) in [5.74, 6) is 1.45. The fourth-order valence-electron chi connectivity index (χ4n) is 2.07. The van der Waals surface area contributed by atoms with Crippen molar-refractivity contribution in [3.05, 3.63) is 54.6 Å². The van der Waals surface area contributed by atoms with Crippen molar-refractivity contribution in [2.75, 3.05) is 18.5 Å². The number of hydrogen-bond donors (Lipinski definition) is 2. The molecule has 0 fully saturated rings. The van der Waals surface area contributed by atoms with E-state index in [0.717, 1.165) is 11.4 Å². The lowest BCUT2D eigenvalue weighted by Gasteiger charge is -2.26. The Morgan fingerprint density at radius 1 is 1.05 bits per heavy atom. The van der Waals surface area contributed by atoms with Gasteiger partial charge in [0.2, 0.25) is 0 Å². The van der Waals surface area contributed by atoms with Gasteiger partial charge in [0.25, 0.3) is 0 Å². The van der Waals surface area contributed by atoms with Gasteiger partial charge in [0.05, 0.1) is 6.54 Å². The van der Waals surface area contributed by atoms with Crippen LogP contribution in [0.15, 0.2) is 54.6 Å². The van der Waals surface area contributed by atoms with E-state index in [1.54, 1.807) is 0 Å². The molecule has 2 N–H and O–H groups in total. The fourth-order valence-corrected chi connectivity index (χ4v) is 2.07. The van der Waals surface area contributed by atoms with Gasteiger partial charge in [-0.25, -0.2) is 4.79 Å². The third kappa shape index (κ3) is 3.45. The van der Waals surface area contributed by atoms with Gasteiger partial charge in [-0.2, -0.15) is 0 Å². The molecule has 0 aliphatic carbocycles. The summed E-state index contributed by atoms with van der Waals surface area (Å²) in [5.41, 5.74) is 0.751. The molecule has 1 aliphatic heterocycles. The highest BCUT2D eigenvalue weighted by molar-refractivity contribution is 5.89. The Morgan fingerprint density at radius 2 is 1.76 bits per heavy atom. The zero-order chi connectivity index (χ0) is 14.5. The highest BCUT2D eigenvalue weighted by atomic mass is 16.6. The van der Waals surface area contributed by atoms with E-state index in [4.69, 9.17) is 9.47 Å². The van der Waals surface area contributed by atoms with Gasteiger partial charge in [-0.05, 0) is 24.3 Å². The van der Waals surface area contributed by atoms with Crippen LogP contribution in [0.25, 0.3) is 0 Å². The minimum atomic E-state index is -0.261. The third-order valence-corrected chi connectivity index (χ3v) is 3.09. The van der Waals surface area contributed by atoms with Crippen molar-refractivity contribution in [1.82, 2.24) is 5.32 Å². The predicted molar refractivity (Wildman–Crippen MR) is 79.8 cm³/mol. The molecule has 1 heterocycles. The number of benzene rings is 2. The number of fused-ring (bicyclic) bond motifs is 1.